The molecule has 0 aliphatic carbocycles. The lowest BCUT2D eigenvalue weighted by Crippen LogP contribution is -2.49. The summed E-state index contributed by atoms with van der Waals surface area (Å²) in [6, 6.07) is 15.0. The minimum atomic E-state index is -0.417. The van der Waals surface area contributed by atoms with Crippen molar-refractivity contribution < 1.29 is 4.74 Å². The van der Waals surface area contributed by atoms with E-state index in [0.717, 1.165) is 53.5 Å². The van der Waals surface area contributed by atoms with Crippen molar-refractivity contribution in [2.45, 2.75) is 32.4 Å². The van der Waals surface area contributed by atoms with Crippen LogP contribution in [0.1, 0.15) is 38.2 Å². The van der Waals surface area contributed by atoms with Crippen LogP contribution in [-0.4, -0.2) is 63.4 Å². The molecule has 2 aromatic carbocycles. The summed E-state index contributed by atoms with van der Waals surface area (Å²) in [6.07, 6.45) is 0. The van der Waals surface area contributed by atoms with Gasteiger partial charge < -0.3 is 14.6 Å². The first-order valence-corrected chi connectivity index (χ1v) is 12.4. The van der Waals surface area contributed by atoms with E-state index in [4.69, 9.17) is 16.3 Å². The fourth-order valence-electron chi connectivity index (χ4n) is 4.78. The van der Waals surface area contributed by atoms with Crippen LogP contribution in [0.5, 0.6) is 5.75 Å². The highest BCUT2D eigenvalue weighted by Crippen LogP contribution is 2.31. The monoisotopic (exact) mass is 507 g/mol. The number of tetrazole rings is 1. The Bertz CT molecular complexity index is 1430. The average molecular weight is 508 g/mol. The molecule has 1 N–H and O–H groups in total. The van der Waals surface area contributed by atoms with E-state index in [9.17, 15) is 4.79 Å². The van der Waals surface area contributed by atoms with Crippen LogP contribution in [0.25, 0.3) is 10.9 Å². The molecule has 1 fully saturated rings. The number of methoxy groups -OCH3 is 1. The van der Waals surface area contributed by atoms with E-state index >= 15 is 0 Å². The minimum Gasteiger partial charge on any atom is -0.497 e. The number of ether oxygens (including phenoxy) is 1. The number of fused-ring (bicyclic) bond motifs is 1. The highest BCUT2D eigenvalue weighted by Gasteiger charge is 2.35. The predicted octanol–water partition coefficient (Wildman–Crippen LogP) is 3.84. The lowest BCUT2D eigenvalue weighted by Gasteiger charge is -2.40. The van der Waals surface area contributed by atoms with Gasteiger partial charge in [-0.05, 0) is 73.7 Å². The summed E-state index contributed by atoms with van der Waals surface area (Å²) in [4.78, 5) is 21.1. The number of pyridine rings is 1. The molecule has 1 atom stereocenters. The van der Waals surface area contributed by atoms with Gasteiger partial charge in [-0.25, -0.2) is 4.68 Å². The maximum atomic E-state index is 13.4. The number of anilines is 1. The number of rotatable bonds is 5. The fourth-order valence-corrected chi connectivity index (χ4v) is 4.97. The molecule has 0 radical (unpaired) electrons. The van der Waals surface area contributed by atoms with Gasteiger partial charge in [0.25, 0.3) is 5.56 Å². The Morgan fingerprint density at radius 2 is 1.83 bits per heavy atom. The van der Waals surface area contributed by atoms with E-state index in [2.05, 4.69) is 57.1 Å². The molecular weight excluding hydrogens is 478 g/mol. The van der Waals surface area contributed by atoms with E-state index in [1.54, 1.807) is 7.11 Å². The number of aromatic nitrogens is 5. The quantitative estimate of drug-likeness (QED) is 0.438. The number of piperazine rings is 1. The molecule has 0 spiro atoms. The maximum absolute atomic E-state index is 13.4. The van der Waals surface area contributed by atoms with Crippen molar-refractivity contribution >= 4 is 28.2 Å². The van der Waals surface area contributed by atoms with Crippen LogP contribution in [0.3, 0.4) is 0 Å². The summed E-state index contributed by atoms with van der Waals surface area (Å²) in [5, 5.41) is 14.3. The first-order chi connectivity index (χ1) is 17.2. The second-order valence-electron chi connectivity index (χ2n) is 10.0. The molecule has 0 saturated carbocycles. The number of nitrogens with one attached hydrogen (secondary N) is 1. The van der Waals surface area contributed by atoms with Crippen molar-refractivity contribution in [1.82, 2.24) is 30.1 Å². The zero-order chi connectivity index (χ0) is 25.4. The third-order valence-electron chi connectivity index (χ3n) is 6.60. The Labute approximate surface area is 214 Å². The fraction of sp³-hybridized carbons (Fsp3) is 0.385. The molecule has 2 aromatic heterocycles. The van der Waals surface area contributed by atoms with Crippen LogP contribution in [0, 0.1) is 0 Å². The zero-order valence-electron chi connectivity index (χ0n) is 20.9. The maximum Gasteiger partial charge on any atom is 0.253 e. The van der Waals surface area contributed by atoms with Gasteiger partial charge in [-0.1, -0.05) is 17.7 Å². The summed E-state index contributed by atoms with van der Waals surface area (Å²) in [7, 11) is 1.63. The van der Waals surface area contributed by atoms with Gasteiger partial charge in [-0.15, -0.1) is 5.10 Å². The molecule has 5 rings (SSSR count). The van der Waals surface area contributed by atoms with Gasteiger partial charge in [0.05, 0.1) is 12.6 Å². The van der Waals surface area contributed by atoms with Crippen molar-refractivity contribution in [3.05, 3.63) is 75.3 Å². The second-order valence-corrected chi connectivity index (χ2v) is 10.5. The minimum absolute atomic E-state index is 0.154. The van der Waals surface area contributed by atoms with Gasteiger partial charge in [0.15, 0.2) is 5.82 Å². The average Bonchev–Trinajstić information content (AvgIpc) is 3.35. The van der Waals surface area contributed by atoms with Crippen molar-refractivity contribution in [3.63, 3.8) is 0 Å². The van der Waals surface area contributed by atoms with Gasteiger partial charge in [-0.3, -0.25) is 9.69 Å². The van der Waals surface area contributed by atoms with Gasteiger partial charge in [0.2, 0.25) is 0 Å². The summed E-state index contributed by atoms with van der Waals surface area (Å²) in [5.74, 6) is 1.37. The molecule has 0 bridgehead atoms. The summed E-state index contributed by atoms with van der Waals surface area (Å²) in [6.45, 7) is 9.18. The Morgan fingerprint density at radius 3 is 2.53 bits per heavy atom. The Kier molecular flexibility index (Phi) is 6.44. The number of H-pyrrole nitrogens is 1. The van der Waals surface area contributed by atoms with Gasteiger partial charge in [0.1, 0.15) is 11.8 Å². The molecule has 4 aromatic rings. The first-order valence-electron chi connectivity index (χ1n) is 12.0. The SMILES string of the molecule is COc1ccc2[nH]c(=O)c([C@H](c3nnnn3C(C)(C)C)N3CCN(c4cccc(Cl)c4)CC3)cc2c1. The van der Waals surface area contributed by atoms with Crippen LogP contribution in [0.2, 0.25) is 5.02 Å². The molecule has 1 aliphatic heterocycles. The Hall–Kier alpha value is -3.43. The Balaban J connectivity index is 1.56. The van der Waals surface area contributed by atoms with Crippen molar-refractivity contribution in [2.75, 3.05) is 38.2 Å². The predicted molar refractivity (Wildman–Crippen MR) is 141 cm³/mol. The molecule has 0 amide bonds. The van der Waals surface area contributed by atoms with Crippen LogP contribution in [-0.2, 0) is 5.54 Å². The van der Waals surface area contributed by atoms with Gasteiger partial charge in [-0.2, -0.15) is 0 Å². The normalized spacial score (nSPS) is 15.9. The molecule has 1 saturated heterocycles. The first kappa shape index (κ1) is 24.3. The number of aromatic amines is 1. The summed E-state index contributed by atoms with van der Waals surface area (Å²) >= 11 is 6.23. The summed E-state index contributed by atoms with van der Waals surface area (Å²) < 4.78 is 7.23. The van der Waals surface area contributed by atoms with E-state index in [1.807, 2.05) is 47.1 Å². The lowest BCUT2D eigenvalue weighted by atomic mass is 10.0. The summed E-state index contributed by atoms with van der Waals surface area (Å²) in [5.41, 5.74) is 1.94. The highest BCUT2D eigenvalue weighted by molar-refractivity contribution is 6.30. The van der Waals surface area contributed by atoms with Gasteiger partial charge >= 0.3 is 0 Å². The molecule has 36 heavy (non-hydrogen) atoms. The number of hydrogen-bond acceptors (Lipinski definition) is 7. The third-order valence-corrected chi connectivity index (χ3v) is 6.84. The largest absolute Gasteiger partial charge is 0.497 e. The number of hydrogen-bond donors (Lipinski definition) is 1. The molecule has 3 heterocycles. The molecular formula is C26H30ClN7O2. The molecule has 1 aliphatic rings. The van der Waals surface area contributed by atoms with Crippen LogP contribution < -0.4 is 15.2 Å². The number of nitrogens with zero attached hydrogens (tertiary/aromatic N) is 6. The Morgan fingerprint density at radius 1 is 1.06 bits per heavy atom. The molecule has 0 unspecified atom stereocenters. The topological polar surface area (TPSA) is 92.2 Å². The number of benzene rings is 2. The van der Waals surface area contributed by atoms with E-state index in [1.165, 1.54) is 0 Å². The van der Waals surface area contributed by atoms with Crippen LogP contribution in [0.4, 0.5) is 5.69 Å². The van der Waals surface area contributed by atoms with Crippen molar-refractivity contribution in [3.8, 4) is 5.75 Å². The molecule has 10 heteroatoms. The van der Waals surface area contributed by atoms with Crippen LogP contribution >= 0.6 is 11.6 Å². The number of halogens is 1. The third kappa shape index (κ3) is 4.68. The molecule has 9 nitrogen and oxygen atoms in total. The zero-order valence-corrected chi connectivity index (χ0v) is 21.7. The van der Waals surface area contributed by atoms with E-state index in [-0.39, 0.29) is 11.1 Å². The second kappa shape index (κ2) is 9.55. The standard InChI is InChI=1S/C26H30ClN7O2/c1-26(2,3)34-24(29-30-31-34)23(21-15-17-14-20(36-4)8-9-22(17)28-25(21)35)33-12-10-32(11-13-33)19-7-5-6-18(27)16-19/h5-9,14-16,23H,10-13H2,1-4H3,(H,28,35)/t23-/m1/s1. The van der Waals surface area contributed by atoms with E-state index in [0.29, 0.717) is 11.4 Å². The van der Waals surface area contributed by atoms with Crippen molar-refractivity contribution in [2.24, 2.45) is 0 Å². The van der Waals surface area contributed by atoms with Crippen LogP contribution in [0.15, 0.2) is 53.3 Å². The smallest absolute Gasteiger partial charge is 0.253 e. The lowest BCUT2D eigenvalue weighted by molar-refractivity contribution is 0.190. The van der Waals surface area contributed by atoms with E-state index < -0.39 is 6.04 Å². The molecule has 188 valence electrons. The highest BCUT2D eigenvalue weighted by atomic mass is 35.5. The van der Waals surface area contributed by atoms with Crippen molar-refractivity contribution in [1.29, 1.82) is 0 Å². The van der Waals surface area contributed by atoms with Gasteiger partial charge in [0, 0.05) is 53.4 Å².